The third-order valence-corrected chi connectivity index (χ3v) is 3.89. The van der Waals surface area contributed by atoms with Crippen LogP contribution in [-0.2, 0) is 14.3 Å². The van der Waals surface area contributed by atoms with Crippen LogP contribution < -0.4 is 0 Å². The van der Waals surface area contributed by atoms with E-state index in [4.69, 9.17) is 9.47 Å². The zero-order valence-corrected chi connectivity index (χ0v) is 11.7. The highest BCUT2D eigenvalue weighted by molar-refractivity contribution is 9.12. The molecular formula is C13H17BrO3. The fourth-order valence-corrected chi connectivity index (χ4v) is 3.11. The number of Topliss-reactive ketones (excluding diaryl/α,β-unsaturated/α-hetero) is 1. The molecule has 4 heteroatoms. The van der Waals surface area contributed by atoms with E-state index in [9.17, 15) is 4.79 Å². The smallest absolute Gasteiger partial charge is 0.178 e. The molecule has 3 aliphatic carbocycles. The fraction of sp³-hybridized carbons (Fsp3) is 0.615. The highest BCUT2D eigenvalue weighted by Crippen LogP contribution is 2.43. The third-order valence-electron chi connectivity index (χ3n) is 3.24. The molecular weight excluding hydrogens is 284 g/mol. The van der Waals surface area contributed by atoms with Gasteiger partial charge >= 0.3 is 0 Å². The molecule has 2 atom stereocenters. The van der Waals surface area contributed by atoms with Crippen molar-refractivity contribution in [1.82, 2.24) is 0 Å². The molecule has 0 aromatic rings. The van der Waals surface area contributed by atoms with E-state index in [1.54, 1.807) is 0 Å². The van der Waals surface area contributed by atoms with Gasteiger partial charge in [-0.25, -0.2) is 0 Å². The lowest BCUT2D eigenvalue weighted by Gasteiger charge is -2.40. The number of hydrogen-bond donors (Lipinski definition) is 0. The first-order chi connectivity index (χ1) is 8.13. The van der Waals surface area contributed by atoms with Gasteiger partial charge in [0.05, 0.1) is 10.4 Å². The number of halogens is 1. The highest BCUT2D eigenvalue weighted by atomic mass is 79.9. The molecule has 2 bridgehead atoms. The lowest BCUT2D eigenvalue weighted by Crippen LogP contribution is -2.45. The average Bonchev–Trinajstić information content (AvgIpc) is 2.48. The predicted octanol–water partition coefficient (Wildman–Crippen LogP) is 2.81. The molecule has 0 N–H and O–H groups in total. The Morgan fingerprint density at radius 2 is 2.00 bits per heavy atom. The Kier molecular flexibility index (Phi) is 3.85. The molecule has 0 fully saturated rings. The van der Waals surface area contributed by atoms with E-state index in [-0.39, 0.29) is 17.6 Å². The molecule has 0 amide bonds. The maximum absolute atomic E-state index is 12.0. The van der Waals surface area contributed by atoms with Crippen molar-refractivity contribution >= 4 is 21.7 Å². The van der Waals surface area contributed by atoms with Crippen molar-refractivity contribution in [2.24, 2.45) is 11.8 Å². The normalized spacial score (nSPS) is 30.3. The van der Waals surface area contributed by atoms with Crippen molar-refractivity contribution < 1.29 is 14.3 Å². The summed E-state index contributed by atoms with van der Waals surface area (Å²) in [5.74, 6) is -0.698. The van der Waals surface area contributed by atoms with Gasteiger partial charge < -0.3 is 9.47 Å². The van der Waals surface area contributed by atoms with Crippen LogP contribution in [0.15, 0.2) is 22.7 Å². The standard InChI is InChI=1S/C13H17BrO3/c1-3-16-13(17-4-2)8-9-5-6-10(13)7-11(14)12(9)15/h5-7,9-10H,3-4,8H2,1-2H3/t9-,10-/m1/s1. The zero-order valence-electron chi connectivity index (χ0n) is 10.1. The first kappa shape index (κ1) is 13.0. The Morgan fingerprint density at radius 3 is 2.59 bits per heavy atom. The van der Waals surface area contributed by atoms with Gasteiger partial charge in [0, 0.05) is 25.6 Å². The molecule has 0 radical (unpaired) electrons. The van der Waals surface area contributed by atoms with Crippen LogP contribution in [0.3, 0.4) is 0 Å². The lowest BCUT2D eigenvalue weighted by molar-refractivity contribution is -0.255. The minimum Gasteiger partial charge on any atom is -0.349 e. The van der Waals surface area contributed by atoms with E-state index >= 15 is 0 Å². The van der Waals surface area contributed by atoms with E-state index in [2.05, 4.69) is 15.9 Å². The van der Waals surface area contributed by atoms with Crippen LogP contribution in [0.5, 0.6) is 0 Å². The summed E-state index contributed by atoms with van der Waals surface area (Å²) in [6, 6.07) is 0. The number of rotatable bonds is 4. The van der Waals surface area contributed by atoms with Crippen molar-refractivity contribution in [1.29, 1.82) is 0 Å². The Labute approximate surface area is 110 Å². The molecule has 94 valence electrons. The predicted molar refractivity (Wildman–Crippen MR) is 68.7 cm³/mol. The quantitative estimate of drug-likeness (QED) is 0.591. The van der Waals surface area contributed by atoms with Crippen molar-refractivity contribution in [3.63, 3.8) is 0 Å². The van der Waals surface area contributed by atoms with Crippen LogP contribution in [0.25, 0.3) is 0 Å². The summed E-state index contributed by atoms with van der Waals surface area (Å²) >= 11 is 3.34. The van der Waals surface area contributed by atoms with Gasteiger partial charge in [-0.2, -0.15) is 0 Å². The lowest BCUT2D eigenvalue weighted by atomic mass is 9.84. The number of carbonyl (C=O) groups is 1. The molecule has 0 aromatic carbocycles. The van der Waals surface area contributed by atoms with Crippen LogP contribution in [0.4, 0.5) is 0 Å². The van der Waals surface area contributed by atoms with Crippen LogP contribution in [0.1, 0.15) is 20.3 Å². The summed E-state index contributed by atoms with van der Waals surface area (Å²) in [5.41, 5.74) is 0. The second-order valence-corrected chi connectivity index (χ2v) is 5.13. The fourth-order valence-electron chi connectivity index (χ4n) is 2.53. The number of ether oxygens (including phenoxy) is 2. The number of ketones is 1. The van der Waals surface area contributed by atoms with Crippen LogP contribution in [-0.4, -0.2) is 24.8 Å². The van der Waals surface area contributed by atoms with Gasteiger partial charge in [-0.1, -0.05) is 18.2 Å². The molecule has 0 unspecified atom stereocenters. The number of hydrogen-bond acceptors (Lipinski definition) is 3. The van der Waals surface area contributed by atoms with Gasteiger partial charge in [-0.15, -0.1) is 0 Å². The van der Waals surface area contributed by atoms with E-state index in [0.29, 0.717) is 24.1 Å². The molecule has 0 spiro atoms. The van der Waals surface area contributed by atoms with E-state index in [1.807, 2.05) is 32.1 Å². The number of carbonyl (C=O) groups excluding carboxylic acids is 1. The minimum absolute atomic E-state index is 0.000486. The third kappa shape index (κ3) is 2.26. The molecule has 3 aliphatic rings. The number of allylic oxidation sites excluding steroid dienone is 2. The molecule has 0 aromatic heterocycles. The average molecular weight is 301 g/mol. The van der Waals surface area contributed by atoms with Gasteiger partial charge in [0.25, 0.3) is 0 Å². The molecule has 0 aliphatic heterocycles. The van der Waals surface area contributed by atoms with Gasteiger partial charge in [0.2, 0.25) is 0 Å². The molecule has 17 heavy (non-hydrogen) atoms. The topological polar surface area (TPSA) is 35.5 Å². The summed E-state index contributed by atoms with van der Waals surface area (Å²) in [7, 11) is 0. The first-order valence-corrected chi connectivity index (χ1v) is 6.80. The van der Waals surface area contributed by atoms with Crippen molar-refractivity contribution in [2.45, 2.75) is 26.1 Å². The van der Waals surface area contributed by atoms with Gasteiger partial charge in [-0.3, -0.25) is 4.79 Å². The van der Waals surface area contributed by atoms with E-state index in [1.165, 1.54) is 0 Å². The molecule has 3 nitrogen and oxygen atoms in total. The Balaban J connectivity index is 2.37. The van der Waals surface area contributed by atoms with Crippen molar-refractivity contribution in [2.75, 3.05) is 13.2 Å². The zero-order chi connectivity index (χ0) is 12.5. The monoisotopic (exact) mass is 300 g/mol. The van der Waals surface area contributed by atoms with Gasteiger partial charge in [-0.05, 0) is 29.8 Å². The number of fused-ring (bicyclic) bond motifs is 2. The second kappa shape index (κ2) is 5.04. The van der Waals surface area contributed by atoms with Crippen LogP contribution in [0, 0.1) is 11.8 Å². The summed E-state index contributed by atoms with van der Waals surface area (Å²) < 4.78 is 12.3. The molecule has 3 rings (SSSR count). The Hall–Kier alpha value is -0.450. The van der Waals surface area contributed by atoms with Crippen LogP contribution in [0.2, 0.25) is 0 Å². The Morgan fingerprint density at radius 1 is 1.35 bits per heavy atom. The summed E-state index contributed by atoms with van der Waals surface area (Å²) in [5, 5.41) is 0. The minimum atomic E-state index is -0.673. The van der Waals surface area contributed by atoms with Gasteiger partial charge in [0.15, 0.2) is 11.6 Å². The molecule has 0 saturated carbocycles. The van der Waals surface area contributed by atoms with Crippen molar-refractivity contribution in [3.8, 4) is 0 Å². The summed E-state index contributed by atoms with van der Waals surface area (Å²) in [6.45, 7) is 5.06. The maximum Gasteiger partial charge on any atom is 0.178 e. The summed E-state index contributed by atoms with van der Waals surface area (Å²) in [6.07, 6.45) is 6.48. The molecule has 0 heterocycles. The van der Waals surface area contributed by atoms with Gasteiger partial charge in [0.1, 0.15) is 0 Å². The summed E-state index contributed by atoms with van der Waals surface area (Å²) in [4.78, 5) is 12.0. The Bertz CT molecular complexity index is 367. The van der Waals surface area contributed by atoms with Crippen molar-refractivity contribution in [3.05, 3.63) is 22.7 Å². The molecule has 0 saturated heterocycles. The van der Waals surface area contributed by atoms with E-state index < -0.39 is 5.79 Å². The highest BCUT2D eigenvalue weighted by Gasteiger charge is 2.47. The second-order valence-electron chi connectivity index (χ2n) is 4.28. The maximum atomic E-state index is 12.0. The van der Waals surface area contributed by atoms with Crippen LogP contribution >= 0.6 is 15.9 Å². The largest absolute Gasteiger partial charge is 0.349 e. The van der Waals surface area contributed by atoms with E-state index in [0.717, 1.165) is 0 Å². The SMILES string of the molecule is CCOC1(OCC)C[C@H]2C=C[C@@H]1C=C(Br)C2=O. The first-order valence-electron chi connectivity index (χ1n) is 6.00.